The zero-order valence-electron chi connectivity index (χ0n) is 13.7. The molecular formula is C21H18FNO2. The van der Waals surface area contributed by atoms with E-state index in [9.17, 15) is 14.3 Å². The summed E-state index contributed by atoms with van der Waals surface area (Å²) < 4.78 is 13.5. The number of nitrogens with zero attached hydrogens (tertiary/aromatic N) is 1. The molecular weight excluding hydrogens is 317 g/mol. The van der Waals surface area contributed by atoms with Gasteiger partial charge in [-0.2, -0.15) is 0 Å². The molecule has 3 nitrogen and oxygen atoms in total. The van der Waals surface area contributed by atoms with Crippen molar-refractivity contribution in [2.45, 2.75) is 19.0 Å². The molecule has 1 atom stereocenters. The van der Waals surface area contributed by atoms with Crippen LogP contribution in [-0.4, -0.2) is 24.0 Å². The molecule has 0 amide bonds. The molecule has 0 fully saturated rings. The van der Waals surface area contributed by atoms with E-state index in [4.69, 9.17) is 0 Å². The third-order valence-electron chi connectivity index (χ3n) is 4.99. The van der Waals surface area contributed by atoms with Crippen molar-refractivity contribution in [1.82, 2.24) is 0 Å². The fraction of sp³-hybridized carbons (Fsp3) is 0.190. The third kappa shape index (κ3) is 2.68. The number of rotatable bonds is 3. The van der Waals surface area contributed by atoms with Crippen LogP contribution in [0.25, 0.3) is 10.8 Å². The monoisotopic (exact) mass is 335 g/mol. The van der Waals surface area contributed by atoms with Gasteiger partial charge >= 0.3 is 0 Å². The maximum atomic E-state index is 13.5. The van der Waals surface area contributed by atoms with Gasteiger partial charge in [0.25, 0.3) is 0 Å². The lowest BCUT2D eigenvalue weighted by Crippen LogP contribution is -2.43. The van der Waals surface area contributed by atoms with Crippen molar-refractivity contribution in [3.63, 3.8) is 0 Å². The average molecular weight is 335 g/mol. The molecule has 0 bridgehead atoms. The topological polar surface area (TPSA) is 40.5 Å². The Balaban J connectivity index is 1.85. The molecule has 0 spiro atoms. The Morgan fingerprint density at radius 1 is 1.08 bits per heavy atom. The van der Waals surface area contributed by atoms with E-state index in [-0.39, 0.29) is 18.5 Å². The second-order valence-electron chi connectivity index (χ2n) is 6.42. The number of carbonyl (C=O) groups is 1. The molecule has 1 heterocycles. The number of carbonyl (C=O) groups excluding carboxylic acids is 1. The molecule has 0 aliphatic carbocycles. The second kappa shape index (κ2) is 6.30. The molecule has 126 valence electrons. The van der Waals surface area contributed by atoms with Crippen LogP contribution in [0, 0.1) is 5.82 Å². The highest BCUT2D eigenvalue weighted by molar-refractivity contribution is 6.03. The van der Waals surface area contributed by atoms with E-state index >= 15 is 0 Å². The third-order valence-corrected chi connectivity index (χ3v) is 4.99. The number of aldehydes is 1. The summed E-state index contributed by atoms with van der Waals surface area (Å²) in [6.07, 6.45) is 1.46. The summed E-state index contributed by atoms with van der Waals surface area (Å²) in [7, 11) is 0. The van der Waals surface area contributed by atoms with Crippen LogP contribution in [-0.2, 0) is 13.0 Å². The first-order valence-corrected chi connectivity index (χ1v) is 8.33. The summed E-state index contributed by atoms with van der Waals surface area (Å²) in [5, 5.41) is 11.8. The van der Waals surface area contributed by atoms with Crippen LogP contribution >= 0.6 is 0 Å². The van der Waals surface area contributed by atoms with Crippen LogP contribution in [0.1, 0.15) is 21.5 Å². The van der Waals surface area contributed by atoms with Crippen molar-refractivity contribution in [2.24, 2.45) is 0 Å². The maximum absolute atomic E-state index is 13.5. The highest BCUT2D eigenvalue weighted by Crippen LogP contribution is 2.34. The van der Waals surface area contributed by atoms with Crippen molar-refractivity contribution >= 4 is 22.7 Å². The lowest BCUT2D eigenvalue weighted by molar-refractivity contribution is 0.112. The van der Waals surface area contributed by atoms with E-state index in [1.54, 1.807) is 12.1 Å². The summed E-state index contributed by atoms with van der Waals surface area (Å²) in [6, 6.07) is 16.3. The average Bonchev–Trinajstić information content (AvgIpc) is 2.65. The number of anilines is 1. The molecule has 25 heavy (non-hydrogen) atoms. The zero-order chi connectivity index (χ0) is 17.4. The molecule has 1 aliphatic rings. The molecule has 1 unspecified atom stereocenters. The van der Waals surface area contributed by atoms with Gasteiger partial charge in [-0.3, -0.25) is 4.79 Å². The Labute approximate surface area is 145 Å². The molecule has 0 saturated carbocycles. The van der Waals surface area contributed by atoms with E-state index in [0.717, 1.165) is 33.9 Å². The van der Waals surface area contributed by atoms with Crippen molar-refractivity contribution in [3.05, 3.63) is 77.1 Å². The minimum atomic E-state index is -0.246. The smallest absolute Gasteiger partial charge is 0.150 e. The Morgan fingerprint density at radius 2 is 1.88 bits per heavy atom. The molecule has 4 heteroatoms. The van der Waals surface area contributed by atoms with Crippen LogP contribution in [0.2, 0.25) is 0 Å². The van der Waals surface area contributed by atoms with E-state index < -0.39 is 0 Å². The number of halogens is 1. The summed E-state index contributed by atoms with van der Waals surface area (Å²) in [5.74, 6) is -0.246. The molecule has 1 aliphatic heterocycles. The van der Waals surface area contributed by atoms with Gasteiger partial charge in [-0.1, -0.05) is 36.4 Å². The van der Waals surface area contributed by atoms with Gasteiger partial charge in [0.1, 0.15) is 5.82 Å². The Morgan fingerprint density at radius 3 is 2.68 bits per heavy atom. The van der Waals surface area contributed by atoms with Crippen molar-refractivity contribution in [1.29, 1.82) is 0 Å². The van der Waals surface area contributed by atoms with Gasteiger partial charge in [-0.05, 0) is 41.1 Å². The van der Waals surface area contributed by atoms with Gasteiger partial charge in [0.15, 0.2) is 6.29 Å². The lowest BCUT2D eigenvalue weighted by atomic mass is 9.92. The van der Waals surface area contributed by atoms with Crippen molar-refractivity contribution in [3.8, 4) is 0 Å². The minimum Gasteiger partial charge on any atom is -0.394 e. The molecule has 0 saturated heterocycles. The van der Waals surface area contributed by atoms with Crippen LogP contribution in [0.15, 0.2) is 54.6 Å². The largest absolute Gasteiger partial charge is 0.394 e. The second-order valence-corrected chi connectivity index (χ2v) is 6.42. The van der Waals surface area contributed by atoms with Gasteiger partial charge in [-0.15, -0.1) is 0 Å². The number of hydrogen-bond donors (Lipinski definition) is 1. The fourth-order valence-corrected chi connectivity index (χ4v) is 3.73. The van der Waals surface area contributed by atoms with Crippen LogP contribution in [0.4, 0.5) is 10.1 Å². The van der Waals surface area contributed by atoms with Gasteiger partial charge in [-0.25, -0.2) is 4.39 Å². The summed E-state index contributed by atoms with van der Waals surface area (Å²) in [5.41, 5.74) is 3.65. The maximum Gasteiger partial charge on any atom is 0.150 e. The standard InChI is InChI=1S/C21H18FNO2/c22-17-8-7-14-11-23(18(13-25)10-16(14)9-17)21-6-2-4-19-15(12-24)3-1-5-20(19)21/h1-9,12,18,25H,10-11,13H2. The minimum absolute atomic E-state index is 0.0142. The first kappa shape index (κ1) is 15.8. The fourth-order valence-electron chi connectivity index (χ4n) is 3.73. The van der Waals surface area contributed by atoms with Crippen LogP contribution in [0.5, 0.6) is 0 Å². The summed E-state index contributed by atoms with van der Waals surface area (Å²) >= 11 is 0. The Bertz CT molecular complexity index is 954. The lowest BCUT2D eigenvalue weighted by Gasteiger charge is -2.38. The Kier molecular flexibility index (Phi) is 3.98. The molecule has 0 radical (unpaired) electrons. The number of aliphatic hydroxyl groups excluding tert-OH is 1. The van der Waals surface area contributed by atoms with Crippen LogP contribution < -0.4 is 4.90 Å². The van der Waals surface area contributed by atoms with Crippen molar-refractivity contribution < 1.29 is 14.3 Å². The van der Waals surface area contributed by atoms with E-state index in [1.807, 2.05) is 36.4 Å². The first-order chi connectivity index (χ1) is 12.2. The van der Waals surface area contributed by atoms with Crippen LogP contribution in [0.3, 0.4) is 0 Å². The number of fused-ring (bicyclic) bond motifs is 2. The Hall–Kier alpha value is -2.72. The quantitative estimate of drug-likeness (QED) is 0.742. The highest BCUT2D eigenvalue weighted by atomic mass is 19.1. The summed E-state index contributed by atoms with van der Waals surface area (Å²) in [6.45, 7) is 0.588. The van der Waals surface area contributed by atoms with E-state index in [1.165, 1.54) is 6.07 Å². The van der Waals surface area contributed by atoms with Gasteiger partial charge in [0.05, 0.1) is 12.6 Å². The summed E-state index contributed by atoms with van der Waals surface area (Å²) in [4.78, 5) is 13.5. The molecule has 3 aromatic carbocycles. The van der Waals surface area contributed by atoms with Gasteiger partial charge < -0.3 is 10.0 Å². The molecule has 3 aromatic rings. The number of hydrogen-bond acceptors (Lipinski definition) is 3. The highest BCUT2D eigenvalue weighted by Gasteiger charge is 2.27. The molecule has 4 rings (SSSR count). The number of aliphatic hydroxyl groups is 1. The molecule has 1 N–H and O–H groups in total. The van der Waals surface area contributed by atoms with E-state index in [2.05, 4.69) is 4.90 Å². The zero-order valence-corrected chi connectivity index (χ0v) is 13.7. The molecule has 0 aromatic heterocycles. The van der Waals surface area contributed by atoms with Gasteiger partial charge in [0, 0.05) is 23.2 Å². The SMILES string of the molecule is O=Cc1cccc2c(N3Cc4ccc(F)cc4CC3CO)cccc12. The first-order valence-electron chi connectivity index (χ1n) is 8.33. The normalized spacial score (nSPS) is 16.7. The van der Waals surface area contributed by atoms with Gasteiger partial charge in [0.2, 0.25) is 0 Å². The van der Waals surface area contributed by atoms with E-state index in [0.29, 0.717) is 18.5 Å². The predicted molar refractivity (Wildman–Crippen MR) is 96.5 cm³/mol. The number of benzene rings is 3. The predicted octanol–water partition coefficient (Wildman–Crippen LogP) is 3.72. The van der Waals surface area contributed by atoms with Crippen molar-refractivity contribution in [2.75, 3.05) is 11.5 Å².